The minimum atomic E-state index is -0.214. The van der Waals surface area contributed by atoms with Gasteiger partial charge in [-0.3, -0.25) is 9.59 Å². The molecule has 2 amide bonds. The minimum absolute atomic E-state index is 0.0254. The monoisotopic (exact) mass is 274 g/mol. The summed E-state index contributed by atoms with van der Waals surface area (Å²) in [4.78, 5) is 31.4. The maximum absolute atomic E-state index is 12.3. The van der Waals surface area contributed by atoms with E-state index in [9.17, 15) is 9.59 Å². The van der Waals surface area contributed by atoms with Crippen LogP contribution in [-0.4, -0.2) is 44.0 Å². The Morgan fingerprint density at radius 2 is 2.35 bits per heavy atom. The third-order valence-electron chi connectivity index (χ3n) is 3.39. The normalized spacial score (nSPS) is 18.9. The molecule has 1 unspecified atom stereocenters. The van der Waals surface area contributed by atoms with E-state index in [2.05, 4.69) is 25.7 Å². The van der Waals surface area contributed by atoms with Gasteiger partial charge in [0.15, 0.2) is 0 Å². The van der Waals surface area contributed by atoms with E-state index in [1.165, 1.54) is 17.0 Å². The maximum Gasteiger partial charge on any atom is 0.254 e. The van der Waals surface area contributed by atoms with Crippen molar-refractivity contribution in [3.05, 3.63) is 23.8 Å². The molecule has 3 rings (SSSR count). The third kappa shape index (κ3) is 2.20. The molecule has 0 aromatic carbocycles. The lowest BCUT2D eigenvalue weighted by Gasteiger charge is -2.23. The van der Waals surface area contributed by atoms with Crippen LogP contribution in [0.25, 0.3) is 5.78 Å². The van der Waals surface area contributed by atoms with Gasteiger partial charge in [-0.1, -0.05) is 0 Å². The summed E-state index contributed by atoms with van der Waals surface area (Å²) in [6.45, 7) is 2.25. The van der Waals surface area contributed by atoms with E-state index in [4.69, 9.17) is 0 Å². The summed E-state index contributed by atoms with van der Waals surface area (Å²) in [5.41, 5.74) is 1.14. The highest BCUT2D eigenvalue weighted by Gasteiger charge is 2.21. The Morgan fingerprint density at radius 3 is 3.10 bits per heavy atom. The standard InChI is InChI=1S/C12H14N6O2/c1-7-9(5-14-12-15-6-16-18(7)12)11(20)17-8-2-3-10(19)13-4-8/h5-6,8H,2-4H2,1H3,(H,13,19)(H,17,20). The van der Waals surface area contributed by atoms with E-state index >= 15 is 0 Å². The largest absolute Gasteiger partial charge is 0.354 e. The fourth-order valence-electron chi connectivity index (χ4n) is 2.23. The molecule has 1 fully saturated rings. The van der Waals surface area contributed by atoms with Gasteiger partial charge in [-0.05, 0) is 13.3 Å². The van der Waals surface area contributed by atoms with Gasteiger partial charge in [0.25, 0.3) is 11.7 Å². The van der Waals surface area contributed by atoms with Crippen LogP contribution in [0.1, 0.15) is 28.9 Å². The fraction of sp³-hybridized carbons (Fsp3) is 0.417. The van der Waals surface area contributed by atoms with E-state index < -0.39 is 0 Å². The van der Waals surface area contributed by atoms with E-state index in [-0.39, 0.29) is 17.9 Å². The van der Waals surface area contributed by atoms with Crippen LogP contribution in [0.15, 0.2) is 12.5 Å². The molecule has 20 heavy (non-hydrogen) atoms. The molecule has 0 saturated carbocycles. The summed E-state index contributed by atoms with van der Waals surface area (Å²) in [5, 5.41) is 9.65. The molecule has 8 nitrogen and oxygen atoms in total. The molecule has 8 heteroatoms. The van der Waals surface area contributed by atoms with Crippen LogP contribution < -0.4 is 10.6 Å². The molecule has 0 radical (unpaired) electrons. The van der Waals surface area contributed by atoms with Crippen LogP contribution in [0, 0.1) is 6.92 Å². The van der Waals surface area contributed by atoms with Crippen LogP contribution in [-0.2, 0) is 4.79 Å². The number of piperidine rings is 1. The molecule has 3 heterocycles. The van der Waals surface area contributed by atoms with Crippen molar-refractivity contribution in [2.24, 2.45) is 0 Å². The molecule has 2 N–H and O–H groups in total. The van der Waals surface area contributed by atoms with Gasteiger partial charge in [0, 0.05) is 25.2 Å². The lowest BCUT2D eigenvalue weighted by molar-refractivity contribution is -0.122. The number of hydrogen-bond acceptors (Lipinski definition) is 5. The van der Waals surface area contributed by atoms with Crippen LogP contribution in [0.4, 0.5) is 0 Å². The van der Waals surface area contributed by atoms with Gasteiger partial charge in [0.1, 0.15) is 6.33 Å². The van der Waals surface area contributed by atoms with Crippen molar-refractivity contribution in [3.63, 3.8) is 0 Å². The van der Waals surface area contributed by atoms with Crippen molar-refractivity contribution in [1.29, 1.82) is 0 Å². The minimum Gasteiger partial charge on any atom is -0.354 e. The Labute approximate surface area is 114 Å². The second kappa shape index (κ2) is 4.87. The van der Waals surface area contributed by atoms with E-state index in [0.29, 0.717) is 36.4 Å². The highest BCUT2D eigenvalue weighted by atomic mass is 16.2. The lowest BCUT2D eigenvalue weighted by Crippen LogP contribution is -2.47. The molecule has 1 aliphatic rings. The number of carbonyl (C=O) groups is 2. The number of nitrogens with zero attached hydrogens (tertiary/aromatic N) is 4. The molecule has 2 aromatic rings. The summed E-state index contributed by atoms with van der Waals surface area (Å²) in [5.74, 6) is 0.273. The lowest BCUT2D eigenvalue weighted by atomic mass is 10.1. The highest BCUT2D eigenvalue weighted by Crippen LogP contribution is 2.09. The van der Waals surface area contributed by atoms with E-state index in [1.54, 1.807) is 6.92 Å². The number of aromatic nitrogens is 4. The Balaban J connectivity index is 1.78. The summed E-state index contributed by atoms with van der Waals surface area (Å²) < 4.78 is 1.53. The first-order valence-electron chi connectivity index (χ1n) is 6.38. The predicted octanol–water partition coefficient (Wildman–Crippen LogP) is -0.559. The zero-order valence-corrected chi connectivity index (χ0v) is 11.0. The number of aryl methyl sites for hydroxylation is 1. The number of carbonyl (C=O) groups excluding carboxylic acids is 2. The average Bonchev–Trinajstić information content (AvgIpc) is 2.91. The maximum atomic E-state index is 12.3. The van der Waals surface area contributed by atoms with Gasteiger partial charge in [0.2, 0.25) is 5.91 Å². The van der Waals surface area contributed by atoms with Gasteiger partial charge in [-0.2, -0.15) is 10.1 Å². The van der Waals surface area contributed by atoms with Gasteiger partial charge < -0.3 is 10.6 Å². The fourth-order valence-corrected chi connectivity index (χ4v) is 2.23. The Bertz CT molecular complexity index is 670. The van der Waals surface area contributed by atoms with Crippen molar-refractivity contribution in [3.8, 4) is 0 Å². The number of hydrogen-bond donors (Lipinski definition) is 2. The number of fused-ring (bicyclic) bond motifs is 1. The molecule has 0 aliphatic carbocycles. The molecular formula is C12H14N6O2. The summed E-state index contributed by atoms with van der Waals surface area (Å²) >= 11 is 0. The van der Waals surface area contributed by atoms with Crippen LogP contribution in [0.3, 0.4) is 0 Å². The Hall–Kier alpha value is -2.51. The zero-order valence-electron chi connectivity index (χ0n) is 11.0. The molecule has 2 aromatic heterocycles. The smallest absolute Gasteiger partial charge is 0.254 e. The average molecular weight is 274 g/mol. The van der Waals surface area contributed by atoms with Crippen molar-refractivity contribution >= 4 is 17.6 Å². The molecule has 104 valence electrons. The second-order valence-electron chi connectivity index (χ2n) is 4.74. The topological polar surface area (TPSA) is 101 Å². The van der Waals surface area contributed by atoms with Gasteiger partial charge >= 0.3 is 0 Å². The van der Waals surface area contributed by atoms with Crippen molar-refractivity contribution in [2.75, 3.05) is 6.54 Å². The van der Waals surface area contributed by atoms with Gasteiger partial charge in [-0.15, -0.1) is 0 Å². The number of nitrogens with one attached hydrogen (secondary N) is 2. The SMILES string of the molecule is Cc1c(C(=O)NC2CCC(=O)NC2)cnc2ncnn12. The highest BCUT2D eigenvalue weighted by molar-refractivity contribution is 5.95. The summed E-state index contributed by atoms with van der Waals surface area (Å²) in [6.07, 6.45) is 3.98. The predicted molar refractivity (Wildman–Crippen MR) is 69.0 cm³/mol. The Morgan fingerprint density at radius 1 is 1.50 bits per heavy atom. The number of rotatable bonds is 2. The molecule has 0 spiro atoms. The molecule has 1 saturated heterocycles. The molecular weight excluding hydrogens is 260 g/mol. The van der Waals surface area contributed by atoms with Crippen LogP contribution in [0.2, 0.25) is 0 Å². The molecule has 1 atom stereocenters. The van der Waals surface area contributed by atoms with Crippen molar-refractivity contribution in [2.45, 2.75) is 25.8 Å². The second-order valence-corrected chi connectivity index (χ2v) is 4.74. The van der Waals surface area contributed by atoms with Gasteiger partial charge in [0.05, 0.1) is 11.3 Å². The van der Waals surface area contributed by atoms with Crippen molar-refractivity contribution in [1.82, 2.24) is 30.2 Å². The van der Waals surface area contributed by atoms with Crippen LogP contribution >= 0.6 is 0 Å². The number of amides is 2. The quantitative estimate of drug-likeness (QED) is 0.764. The molecule has 1 aliphatic heterocycles. The van der Waals surface area contributed by atoms with E-state index in [0.717, 1.165) is 0 Å². The first kappa shape index (κ1) is 12.5. The third-order valence-corrected chi connectivity index (χ3v) is 3.39. The van der Waals surface area contributed by atoms with Gasteiger partial charge in [-0.25, -0.2) is 9.50 Å². The summed E-state index contributed by atoms with van der Waals surface area (Å²) in [7, 11) is 0. The summed E-state index contributed by atoms with van der Waals surface area (Å²) in [6, 6.07) is -0.0500. The Kier molecular flexibility index (Phi) is 3.05. The van der Waals surface area contributed by atoms with Crippen molar-refractivity contribution < 1.29 is 9.59 Å². The van der Waals surface area contributed by atoms with E-state index in [1.807, 2.05) is 0 Å². The van der Waals surface area contributed by atoms with Crippen LogP contribution in [0.5, 0.6) is 0 Å². The first-order valence-corrected chi connectivity index (χ1v) is 6.38. The zero-order chi connectivity index (χ0) is 14.1. The molecule has 0 bridgehead atoms. The first-order chi connectivity index (χ1) is 9.65.